The minimum absolute atomic E-state index is 0.117. The van der Waals surface area contributed by atoms with Crippen molar-refractivity contribution in [1.82, 2.24) is 4.72 Å². The van der Waals surface area contributed by atoms with Gasteiger partial charge in [0, 0.05) is 13.2 Å². The van der Waals surface area contributed by atoms with E-state index in [9.17, 15) is 13.2 Å². The summed E-state index contributed by atoms with van der Waals surface area (Å²) < 4.78 is 36.5. The quantitative estimate of drug-likeness (QED) is 0.727. The largest absolute Gasteiger partial charge is 0.469 e. The van der Waals surface area contributed by atoms with Gasteiger partial charge in [-0.15, -0.1) is 0 Å². The average molecular weight is 315 g/mol. The minimum atomic E-state index is -3.57. The molecule has 0 saturated carbocycles. The molecule has 0 amide bonds. The molecule has 1 rings (SSSR count). The number of carbonyl (C=O) groups excluding carboxylic acids is 1. The lowest BCUT2D eigenvalue weighted by molar-refractivity contribution is -0.139. The van der Waals surface area contributed by atoms with Crippen molar-refractivity contribution in [2.45, 2.75) is 31.3 Å². The molecule has 1 aromatic rings. The third kappa shape index (κ3) is 5.82. The molecule has 0 heterocycles. The van der Waals surface area contributed by atoms with Crippen molar-refractivity contribution in [3.05, 3.63) is 29.8 Å². The molecule has 6 nitrogen and oxygen atoms in total. The summed E-state index contributed by atoms with van der Waals surface area (Å²) in [5.41, 5.74) is 0.698. The highest BCUT2D eigenvalue weighted by molar-refractivity contribution is 7.89. The lowest BCUT2D eigenvalue weighted by Gasteiger charge is -2.13. The van der Waals surface area contributed by atoms with Gasteiger partial charge in [0.25, 0.3) is 0 Å². The summed E-state index contributed by atoms with van der Waals surface area (Å²) in [5.74, 6) is -0.366. The molecule has 1 unspecified atom stereocenters. The van der Waals surface area contributed by atoms with Crippen LogP contribution in [-0.4, -0.2) is 40.8 Å². The molecule has 0 fully saturated rings. The van der Waals surface area contributed by atoms with Gasteiger partial charge < -0.3 is 9.47 Å². The van der Waals surface area contributed by atoms with Crippen LogP contribution in [0.15, 0.2) is 29.2 Å². The topological polar surface area (TPSA) is 81.7 Å². The second-order valence-electron chi connectivity index (χ2n) is 4.51. The van der Waals surface area contributed by atoms with Crippen LogP contribution < -0.4 is 4.72 Å². The van der Waals surface area contributed by atoms with Crippen LogP contribution >= 0.6 is 0 Å². The van der Waals surface area contributed by atoms with Crippen LogP contribution in [-0.2, 0) is 30.7 Å². The molecule has 0 aliphatic heterocycles. The Hall–Kier alpha value is -1.44. The summed E-state index contributed by atoms with van der Waals surface area (Å²) in [4.78, 5) is 11.3. The molecule has 21 heavy (non-hydrogen) atoms. The van der Waals surface area contributed by atoms with Gasteiger partial charge >= 0.3 is 5.97 Å². The normalized spacial score (nSPS) is 12.9. The second-order valence-corrected chi connectivity index (χ2v) is 6.28. The van der Waals surface area contributed by atoms with Crippen LogP contribution in [0.3, 0.4) is 0 Å². The maximum Gasteiger partial charge on any atom is 0.309 e. The van der Waals surface area contributed by atoms with Gasteiger partial charge in [-0.25, -0.2) is 13.1 Å². The van der Waals surface area contributed by atoms with Crippen molar-refractivity contribution in [3.8, 4) is 0 Å². The van der Waals surface area contributed by atoms with Gasteiger partial charge in [0.05, 0.1) is 24.5 Å². The summed E-state index contributed by atoms with van der Waals surface area (Å²) in [6.45, 7) is 4.39. The Balaban J connectivity index is 2.69. The van der Waals surface area contributed by atoms with Crippen molar-refractivity contribution >= 4 is 16.0 Å². The Labute approximate surface area is 125 Å². The predicted molar refractivity (Wildman–Crippen MR) is 78.4 cm³/mol. The molecule has 0 aliphatic rings. The first-order chi connectivity index (χ1) is 9.89. The molecule has 1 atom stereocenters. The first kappa shape index (κ1) is 17.6. The van der Waals surface area contributed by atoms with Crippen LogP contribution in [0.2, 0.25) is 0 Å². The van der Waals surface area contributed by atoms with E-state index in [4.69, 9.17) is 4.74 Å². The first-order valence-electron chi connectivity index (χ1n) is 6.66. The SMILES string of the molecule is CCOC(C)CNS(=O)(=O)c1ccc(CC(=O)OC)cc1. The second kappa shape index (κ2) is 8.11. The molecule has 1 N–H and O–H groups in total. The smallest absolute Gasteiger partial charge is 0.309 e. The fourth-order valence-electron chi connectivity index (χ4n) is 1.68. The number of ether oxygens (including phenoxy) is 2. The number of carbonyl (C=O) groups is 1. The number of rotatable bonds is 8. The molecule has 0 aliphatic carbocycles. The van der Waals surface area contributed by atoms with Gasteiger partial charge in [0.15, 0.2) is 0 Å². The third-order valence-corrected chi connectivity index (χ3v) is 4.26. The standard InChI is InChI=1S/C14H21NO5S/c1-4-20-11(2)10-15-21(17,18)13-7-5-12(6-8-13)9-14(16)19-3/h5-8,11,15H,4,9-10H2,1-3H3. The molecule has 0 aromatic heterocycles. The van der Waals surface area contributed by atoms with Gasteiger partial charge in [0.2, 0.25) is 10.0 Å². The van der Waals surface area contributed by atoms with Gasteiger partial charge in [-0.1, -0.05) is 12.1 Å². The van der Waals surface area contributed by atoms with Crippen molar-refractivity contribution in [3.63, 3.8) is 0 Å². The number of nitrogens with one attached hydrogen (secondary N) is 1. The van der Waals surface area contributed by atoms with E-state index in [0.29, 0.717) is 12.2 Å². The Kier molecular flexibility index (Phi) is 6.80. The maximum atomic E-state index is 12.1. The molecule has 1 aromatic carbocycles. The predicted octanol–water partition coefficient (Wildman–Crippen LogP) is 1.11. The van der Waals surface area contributed by atoms with Crippen LogP contribution in [0.4, 0.5) is 0 Å². The van der Waals surface area contributed by atoms with Crippen LogP contribution in [0.5, 0.6) is 0 Å². The highest BCUT2D eigenvalue weighted by atomic mass is 32.2. The van der Waals surface area contributed by atoms with Crippen molar-refractivity contribution < 1.29 is 22.7 Å². The van der Waals surface area contributed by atoms with E-state index in [0.717, 1.165) is 0 Å². The lowest BCUT2D eigenvalue weighted by atomic mass is 10.2. The van der Waals surface area contributed by atoms with E-state index in [2.05, 4.69) is 9.46 Å². The number of hydrogen-bond donors (Lipinski definition) is 1. The molecule has 0 saturated heterocycles. The zero-order valence-corrected chi connectivity index (χ0v) is 13.3. The Bertz CT molecular complexity index is 553. The van der Waals surface area contributed by atoms with E-state index in [1.54, 1.807) is 19.1 Å². The number of benzene rings is 1. The Morgan fingerprint density at radius 3 is 2.43 bits per heavy atom. The van der Waals surface area contributed by atoms with Gasteiger partial charge in [-0.05, 0) is 31.5 Å². The fourth-order valence-corrected chi connectivity index (χ4v) is 2.79. The first-order valence-corrected chi connectivity index (χ1v) is 8.14. The van der Waals surface area contributed by atoms with Crippen molar-refractivity contribution in [2.75, 3.05) is 20.3 Å². The maximum absolute atomic E-state index is 12.1. The number of methoxy groups -OCH3 is 1. The molecular formula is C14H21NO5S. The fraction of sp³-hybridized carbons (Fsp3) is 0.500. The van der Waals surface area contributed by atoms with Crippen LogP contribution in [0.1, 0.15) is 19.4 Å². The van der Waals surface area contributed by atoms with Crippen LogP contribution in [0.25, 0.3) is 0 Å². The Morgan fingerprint density at radius 1 is 1.29 bits per heavy atom. The van der Waals surface area contributed by atoms with Crippen LogP contribution in [0, 0.1) is 0 Å². The van der Waals surface area contributed by atoms with E-state index in [1.165, 1.54) is 19.2 Å². The Morgan fingerprint density at radius 2 is 1.90 bits per heavy atom. The van der Waals surface area contributed by atoms with E-state index in [1.807, 2.05) is 6.92 Å². The van der Waals surface area contributed by atoms with Gasteiger partial charge in [-0.2, -0.15) is 0 Å². The van der Waals surface area contributed by atoms with Crippen molar-refractivity contribution in [2.24, 2.45) is 0 Å². The third-order valence-electron chi connectivity index (χ3n) is 2.82. The summed E-state index contributed by atoms with van der Waals surface area (Å²) >= 11 is 0. The molecule has 0 radical (unpaired) electrons. The summed E-state index contributed by atoms with van der Waals surface area (Å²) in [6.07, 6.45) is -0.0746. The van der Waals surface area contributed by atoms with Gasteiger partial charge in [0.1, 0.15) is 0 Å². The zero-order chi connectivity index (χ0) is 15.9. The zero-order valence-electron chi connectivity index (χ0n) is 12.5. The van der Waals surface area contributed by atoms with E-state index < -0.39 is 10.0 Å². The minimum Gasteiger partial charge on any atom is -0.469 e. The molecule has 7 heteroatoms. The van der Waals surface area contributed by atoms with E-state index in [-0.39, 0.29) is 29.9 Å². The molecule has 0 bridgehead atoms. The summed E-state index contributed by atoms with van der Waals surface area (Å²) in [5, 5.41) is 0. The molecular weight excluding hydrogens is 294 g/mol. The summed E-state index contributed by atoms with van der Waals surface area (Å²) in [6, 6.07) is 6.12. The summed E-state index contributed by atoms with van der Waals surface area (Å²) in [7, 11) is -2.26. The highest BCUT2D eigenvalue weighted by Gasteiger charge is 2.15. The molecule has 0 spiro atoms. The van der Waals surface area contributed by atoms with Crippen molar-refractivity contribution in [1.29, 1.82) is 0 Å². The average Bonchev–Trinajstić information content (AvgIpc) is 2.46. The number of hydrogen-bond acceptors (Lipinski definition) is 5. The van der Waals surface area contributed by atoms with E-state index >= 15 is 0 Å². The van der Waals surface area contributed by atoms with Gasteiger partial charge in [-0.3, -0.25) is 4.79 Å². The monoisotopic (exact) mass is 315 g/mol. The lowest BCUT2D eigenvalue weighted by Crippen LogP contribution is -2.32. The number of sulfonamides is 1. The number of esters is 1. The highest BCUT2D eigenvalue weighted by Crippen LogP contribution is 2.11. The molecule has 118 valence electrons.